The van der Waals surface area contributed by atoms with Crippen LogP contribution in [-0.4, -0.2) is 0 Å². The second-order valence-electron chi connectivity index (χ2n) is 8.93. The van der Waals surface area contributed by atoms with Crippen LogP contribution in [0.3, 0.4) is 0 Å². The predicted octanol–water partition coefficient (Wildman–Crippen LogP) is 9.28. The molecular weight excluding hydrogens is 348 g/mol. The van der Waals surface area contributed by atoms with Crippen molar-refractivity contribution in [1.82, 2.24) is 0 Å². The summed E-state index contributed by atoms with van der Waals surface area (Å²) in [6.45, 7) is 9.27. The molecule has 0 saturated carbocycles. The van der Waals surface area contributed by atoms with Crippen molar-refractivity contribution in [2.24, 2.45) is 11.8 Å². The van der Waals surface area contributed by atoms with Gasteiger partial charge in [0.2, 0.25) is 0 Å². The molecule has 0 heteroatoms. The van der Waals surface area contributed by atoms with Gasteiger partial charge in [0, 0.05) is 0 Å². The average Bonchev–Trinajstić information content (AvgIpc) is 2.73. The van der Waals surface area contributed by atoms with Gasteiger partial charge in [0.1, 0.15) is 0 Å². The van der Waals surface area contributed by atoms with Gasteiger partial charge in [-0.2, -0.15) is 0 Å². The highest BCUT2D eigenvalue weighted by Gasteiger charge is 2.03. The van der Waals surface area contributed by atoms with Crippen LogP contribution in [0.25, 0.3) is 0 Å². The molecule has 0 nitrogen and oxygen atoms in total. The van der Waals surface area contributed by atoms with E-state index in [9.17, 15) is 0 Å². The Hall–Kier alpha value is -1.56. The molecule has 0 aliphatic carbocycles. The normalized spacial score (nSPS) is 12.7. The van der Waals surface area contributed by atoms with Crippen LogP contribution >= 0.6 is 0 Å². The molecule has 0 bridgehead atoms. The molecular formula is C29H46. The van der Waals surface area contributed by atoms with Gasteiger partial charge in [-0.05, 0) is 35.8 Å². The molecule has 0 radical (unpaired) electrons. The molecule has 0 N–H and O–H groups in total. The maximum atomic E-state index is 2.37. The molecule has 0 aliphatic rings. The molecule has 2 aromatic rings. The Labute approximate surface area is 182 Å². The van der Waals surface area contributed by atoms with Gasteiger partial charge in [0.15, 0.2) is 0 Å². The lowest BCUT2D eigenvalue weighted by Crippen LogP contribution is -1.99. The number of rotatable bonds is 13. The average molecular weight is 395 g/mol. The molecule has 0 amide bonds. The molecule has 162 valence electrons. The minimum Gasteiger partial charge on any atom is -0.0654 e. The number of benzene rings is 2. The Bertz CT molecular complexity index is 572. The van der Waals surface area contributed by atoms with Crippen LogP contribution in [0, 0.1) is 11.8 Å². The minimum absolute atomic E-state index is 0.837. The van der Waals surface area contributed by atoms with Gasteiger partial charge in [0.05, 0.1) is 0 Å². The lowest BCUT2D eigenvalue weighted by molar-refractivity contribution is 0.487. The van der Waals surface area contributed by atoms with Crippen molar-refractivity contribution in [2.45, 2.75) is 98.3 Å². The summed E-state index contributed by atoms with van der Waals surface area (Å²) in [6, 6.07) is 21.7. The quantitative estimate of drug-likeness (QED) is 0.297. The zero-order valence-electron chi connectivity index (χ0n) is 19.7. The first-order valence-corrected chi connectivity index (χ1v) is 12.2. The largest absolute Gasteiger partial charge is 0.0654 e. The zero-order chi connectivity index (χ0) is 21.2. The van der Waals surface area contributed by atoms with Crippen LogP contribution in [0.15, 0.2) is 60.7 Å². The molecule has 2 unspecified atom stereocenters. The van der Waals surface area contributed by atoms with Gasteiger partial charge < -0.3 is 0 Å². The van der Waals surface area contributed by atoms with Crippen LogP contribution in [-0.2, 0) is 12.8 Å². The first-order valence-electron chi connectivity index (χ1n) is 12.2. The van der Waals surface area contributed by atoms with Gasteiger partial charge in [-0.1, -0.05) is 146 Å². The molecule has 2 rings (SSSR count). The lowest BCUT2D eigenvalue weighted by Gasteiger charge is -2.10. The second kappa shape index (κ2) is 17.3. The third-order valence-electron chi connectivity index (χ3n) is 5.70. The summed E-state index contributed by atoms with van der Waals surface area (Å²) in [7, 11) is 0. The first kappa shape index (κ1) is 25.5. The monoisotopic (exact) mass is 394 g/mol. The summed E-state index contributed by atoms with van der Waals surface area (Å²) < 4.78 is 0. The molecule has 0 aromatic heterocycles. The molecule has 2 aromatic carbocycles. The molecule has 0 spiro atoms. The standard InChI is InChI=1S/C15H24.C14H22/c1-3-4-5-7-10-14(2)13-15-11-8-6-9-12-15;1-3-4-6-9-13(2)12-14-10-7-5-8-11-14/h6,8-9,11-12,14H,3-5,7,10,13H2,1-2H3;5,7-8,10-11,13H,3-4,6,9,12H2,1-2H3. The van der Waals surface area contributed by atoms with Crippen molar-refractivity contribution in [3.8, 4) is 0 Å². The molecule has 2 atom stereocenters. The summed E-state index contributed by atoms with van der Waals surface area (Å²) in [6.07, 6.45) is 14.9. The molecule has 0 heterocycles. The third-order valence-corrected chi connectivity index (χ3v) is 5.70. The SMILES string of the molecule is CCCCCC(C)Cc1ccccc1.CCCCCCC(C)Cc1ccccc1. The Morgan fingerprint density at radius 3 is 1.31 bits per heavy atom. The number of unbranched alkanes of at least 4 members (excludes halogenated alkanes) is 5. The molecule has 0 aliphatic heterocycles. The minimum atomic E-state index is 0.837. The van der Waals surface area contributed by atoms with Crippen LogP contribution in [0.4, 0.5) is 0 Å². The fourth-order valence-electron chi connectivity index (χ4n) is 3.90. The van der Waals surface area contributed by atoms with E-state index in [1.807, 2.05) is 0 Å². The third kappa shape index (κ3) is 14.1. The van der Waals surface area contributed by atoms with E-state index in [1.165, 1.54) is 81.8 Å². The van der Waals surface area contributed by atoms with Gasteiger partial charge in [-0.25, -0.2) is 0 Å². The Kier molecular flexibility index (Phi) is 15.2. The summed E-state index contributed by atoms with van der Waals surface area (Å²) in [5.41, 5.74) is 2.97. The molecule has 0 fully saturated rings. The predicted molar refractivity (Wildman–Crippen MR) is 132 cm³/mol. The first-order chi connectivity index (χ1) is 14.2. The van der Waals surface area contributed by atoms with E-state index < -0.39 is 0 Å². The van der Waals surface area contributed by atoms with Crippen molar-refractivity contribution in [2.75, 3.05) is 0 Å². The van der Waals surface area contributed by atoms with E-state index in [-0.39, 0.29) is 0 Å². The Balaban J connectivity index is 0.000000291. The van der Waals surface area contributed by atoms with Gasteiger partial charge in [0.25, 0.3) is 0 Å². The van der Waals surface area contributed by atoms with E-state index in [2.05, 4.69) is 88.4 Å². The van der Waals surface area contributed by atoms with Crippen molar-refractivity contribution < 1.29 is 0 Å². The van der Waals surface area contributed by atoms with Crippen molar-refractivity contribution in [3.63, 3.8) is 0 Å². The van der Waals surface area contributed by atoms with Crippen molar-refractivity contribution in [1.29, 1.82) is 0 Å². The van der Waals surface area contributed by atoms with E-state index in [1.54, 1.807) is 0 Å². The molecule has 29 heavy (non-hydrogen) atoms. The fourth-order valence-corrected chi connectivity index (χ4v) is 3.90. The fraction of sp³-hybridized carbons (Fsp3) is 0.586. The van der Waals surface area contributed by atoms with E-state index >= 15 is 0 Å². The van der Waals surface area contributed by atoms with Crippen LogP contribution in [0.2, 0.25) is 0 Å². The maximum absolute atomic E-state index is 2.37. The van der Waals surface area contributed by atoms with E-state index in [0.29, 0.717) is 0 Å². The highest BCUT2D eigenvalue weighted by atomic mass is 14.1. The zero-order valence-corrected chi connectivity index (χ0v) is 19.7. The van der Waals surface area contributed by atoms with Crippen molar-refractivity contribution in [3.05, 3.63) is 71.8 Å². The summed E-state index contributed by atoms with van der Waals surface area (Å²) in [5, 5.41) is 0. The lowest BCUT2D eigenvalue weighted by atomic mass is 9.95. The smallest absolute Gasteiger partial charge is 0.0253 e. The number of hydrogen-bond donors (Lipinski definition) is 0. The number of hydrogen-bond acceptors (Lipinski definition) is 0. The Morgan fingerprint density at radius 2 is 0.897 bits per heavy atom. The Morgan fingerprint density at radius 1 is 0.517 bits per heavy atom. The van der Waals surface area contributed by atoms with E-state index in [4.69, 9.17) is 0 Å². The summed E-state index contributed by atoms with van der Waals surface area (Å²) >= 11 is 0. The maximum Gasteiger partial charge on any atom is -0.0253 e. The summed E-state index contributed by atoms with van der Waals surface area (Å²) in [5.74, 6) is 1.67. The topological polar surface area (TPSA) is 0 Å². The molecule has 0 saturated heterocycles. The second-order valence-corrected chi connectivity index (χ2v) is 8.93. The highest BCUT2D eigenvalue weighted by molar-refractivity contribution is 5.15. The summed E-state index contributed by atoms with van der Waals surface area (Å²) in [4.78, 5) is 0. The highest BCUT2D eigenvalue weighted by Crippen LogP contribution is 2.16. The van der Waals surface area contributed by atoms with Gasteiger partial charge in [-0.15, -0.1) is 0 Å². The van der Waals surface area contributed by atoms with Crippen LogP contribution in [0.5, 0.6) is 0 Å². The van der Waals surface area contributed by atoms with E-state index in [0.717, 1.165) is 11.8 Å². The van der Waals surface area contributed by atoms with Crippen LogP contribution in [0.1, 0.15) is 96.6 Å². The van der Waals surface area contributed by atoms with Gasteiger partial charge in [-0.3, -0.25) is 0 Å². The van der Waals surface area contributed by atoms with Crippen LogP contribution < -0.4 is 0 Å². The van der Waals surface area contributed by atoms with Crippen molar-refractivity contribution >= 4 is 0 Å². The van der Waals surface area contributed by atoms with Gasteiger partial charge >= 0.3 is 0 Å².